The van der Waals surface area contributed by atoms with Crippen LogP contribution in [0.25, 0.3) is 67.8 Å². The largest absolute Gasteiger partial charge is 0.226 e. The molecule has 230 valence electrons. The molecule has 0 aliphatic rings. The summed E-state index contributed by atoms with van der Waals surface area (Å²) in [6.07, 6.45) is 0. The molecule has 0 atom stereocenters. The van der Waals surface area contributed by atoms with Gasteiger partial charge in [0.1, 0.15) is 0 Å². The Bertz CT molecular complexity index is 2140. The van der Waals surface area contributed by atoms with Gasteiger partial charge in [0.05, 0.1) is 22.8 Å². The van der Waals surface area contributed by atoms with Crippen LogP contribution >= 0.6 is 31.9 Å². The number of hydrogen-bond donors (Lipinski definition) is 0. The monoisotopic (exact) mass is 746 g/mol. The predicted octanol–water partition coefficient (Wildman–Crippen LogP) is 11.9. The van der Waals surface area contributed by atoms with Crippen LogP contribution in [-0.2, 0) is 0 Å². The molecule has 0 aliphatic carbocycles. The molecule has 8 aromatic rings. The molecule has 2 heterocycles. The minimum Gasteiger partial charge on any atom is -0.226 e. The number of benzene rings is 6. The van der Waals surface area contributed by atoms with E-state index in [2.05, 4.69) is 199 Å². The second kappa shape index (κ2) is 13.1. The summed E-state index contributed by atoms with van der Waals surface area (Å²) in [5.74, 6) is 1.60. The van der Waals surface area contributed by atoms with Gasteiger partial charge in [-0.05, 0) is 24.3 Å². The van der Waals surface area contributed by atoms with Gasteiger partial charge in [-0.1, -0.05) is 177 Å². The Hall–Kier alpha value is -5.30. The average molecular weight is 749 g/mol. The number of hydrogen-bond acceptors (Lipinski definition) is 2. The van der Waals surface area contributed by atoms with Gasteiger partial charge < -0.3 is 0 Å². The molecule has 0 aliphatic heterocycles. The van der Waals surface area contributed by atoms with E-state index in [-0.39, 0.29) is 0 Å². The molecule has 6 aromatic carbocycles. The molecule has 0 saturated carbocycles. The third-order valence-corrected chi connectivity index (χ3v) is 9.36. The third-order valence-electron chi connectivity index (χ3n) is 8.30. The van der Waals surface area contributed by atoms with Crippen molar-refractivity contribution in [2.45, 2.75) is 0 Å². The first-order valence-electron chi connectivity index (χ1n) is 15.7. The highest BCUT2D eigenvalue weighted by atomic mass is 79.9. The highest BCUT2D eigenvalue weighted by molar-refractivity contribution is 9.10. The highest BCUT2D eigenvalue weighted by Crippen LogP contribution is 2.42. The van der Waals surface area contributed by atoms with Gasteiger partial charge in [-0.3, -0.25) is 0 Å². The number of rotatable bonds is 7. The Morgan fingerprint density at radius 1 is 0.312 bits per heavy atom. The van der Waals surface area contributed by atoms with Crippen LogP contribution in [0.3, 0.4) is 0 Å². The Labute approximate surface area is 296 Å². The summed E-state index contributed by atoms with van der Waals surface area (Å²) in [4.78, 5) is 11.0. The van der Waals surface area contributed by atoms with Crippen molar-refractivity contribution in [1.29, 1.82) is 0 Å². The van der Waals surface area contributed by atoms with Gasteiger partial charge in [-0.15, -0.1) is 0 Å². The maximum absolute atomic E-state index is 5.49. The van der Waals surface area contributed by atoms with Gasteiger partial charge in [-0.2, -0.15) is 0 Å². The van der Waals surface area contributed by atoms with Crippen molar-refractivity contribution in [3.63, 3.8) is 0 Å². The van der Waals surface area contributed by atoms with Gasteiger partial charge in [0.2, 0.25) is 0 Å². The lowest BCUT2D eigenvalue weighted by atomic mass is 10.0. The van der Waals surface area contributed by atoms with Crippen LogP contribution < -0.4 is 0 Å². The molecule has 0 spiro atoms. The van der Waals surface area contributed by atoms with Crippen LogP contribution in [0.5, 0.6) is 0 Å². The lowest BCUT2D eigenvalue weighted by Gasteiger charge is -2.20. The predicted molar refractivity (Wildman–Crippen MR) is 203 cm³/mol. The summed E-state index contributed by atoms with van der Waals surface area (Å²) < 4.78 is 6.54. The van der Waals surface area contributed by atoms with Gasteiger partial charge in [0.25, 0.3) is 0 Å². The lowest BCUT2D eigenvalue weighted by Crippen LogP contribution is -2.16. The molecule has 0 radical (unpaired) electrons. The zero-order valence-electron chi connectivity index (χ0n) is 25.7. The maximum atomic E-state index is 5.49. The van der Waals surface area contributed by atoms with Gasteiger partial charge in [-0.25, -0.2) is 19.3 Å². The molecule has 48 heavy (non-hydrogen) atoms. The van der Waals surface area contributed by atoms with Crippen molar-refractivity contribution in [2.24, 2.45) is 0 Å². The first-order valence-corrected chi connectivity index (χ1v) is 17.2. The van der Waals surface area contributed by atoms with E-state index >= 15 is 0 Å². The molecule has 0 N–H and O–H groups in total. The molecule has 6 heteroatoms. The zero-order valence-corrected chi connectivity index (χ0v) is 28.9. The summed E-state index contributed by atoms with van der Waals surface area (Å²) in [5, 5.41) is 0. The quantitative estimate of drug-likeness (QED) is 0.163. The second-order valence-corrected chi connectivity index (χ2v) is 13.2. The Balaban J connectivity index is 1.59. The Morgan fingerprint density at radius 2 is 0.604 bits per heavy atom. The zero-order chi connectivity index (χ0) is 32.5. The van der Waals surface area contributed by atoms with Gasteiger partial charge in [0.15, 0.2) is 11.6 Å². The fraction of sp³-hybridized carbons (Fsp3) is 0. The molecule has 0 bridgehead atoms. The molecular formula is C42H28Br2N4. The van der Waals surface area contributed by atoms with E-state index in [0.717, 1.165) is 76.8 Å². The Kier molecular flexibility index (Phi) is 8.18. The van der Waals surface area contributed by atoms with Crippen LogP contribution in [0.4, 0.5) is 0 Å². The number of imidazole rings is 2. The second-order valence-electron chi connectivity index (χ2n) is 11.4. The molecule has 0 fully saturated rings. The maximum Gasteiger partial charge on any atom is 0.160 e. The fourth-order valence-electron chi connectivity index (χ4n) is 6.09. The van der Waals surface area contributed by atoms with Crippen molar-refractivity contribution in [2.75, 3.05) is 0 Å². The fourth-order valence-corrected chi connectivity index (χ4v) is 6.62. The van der Waals surface area contributed by atoms with Crippen LogP contribution in [0, 0.1) is 0 Å². The summed E-state index contributed by atoms with van der Waals surface area (Å²) in [6.45, 7) is 0. The summed E-state index contributed by atoms with van der Waals surface area (Å²) in [5.41, 5.74) is 9.81. The number of aromatic nitrogens is 4. The topological polar surface area (TPSA) is 35.6 Å². The van der Waals surface area contributed by atoms with Crippen molar-refractivity contribution in [1.82, 2.24) is 19.3 Å². The lowest BCUT2D eigenvalue weighted by molar-refractivity contribution is 0.687. The van der Waals surface area contributed by atoms with Crippen LogP contribution in [0.1, 0.15) is 0 Å². The van der Waals surface area contributed by atoms with Gasteiger partial charge in [0, 0.05) is 42.3 Å². The molecule has 2 aromatic heterocycles. The van der Waals surface area contributed by atoms with Crippen LogP contribution in [0.15, 0.2) is 179 Å². The normalized spacial score (nSPS) is 11.1. The van der Waals surface area contributed by atoms with Crippen molar-refractivity contribution < 1.29 is 0 Å². The van der Waals surface area contributed by atoms with E-state index in [1.807, 2.05) is 12.1 Å². The third kappa shape index (κ3) is 5.63. The van der Waals surface area contributed by atoms with Gasteiger partial charge >= 0.3 is 0 Å². The standard InChI is InChI=1S/C42H28Br2N4/c43-35-25-21-33(22-26-35)41-45-37(29-13-5-1-6-14-29)39(31-17-9-3-10-18-31)47(41)48-40(32-19-11-4-12-20-32)38(30-15-7-2-8-16-30)46-42(48)34-23-27-36(44)28-24-34/h1-28H. The number of nitrogens with zero attached hydrogens (tertiary/aromatic N) is 4. The Morgan fingerprint density at radius 3 is 0.917 bits per heavy atom. The van der Waals surface area contributed by atoms with E-state index in [9.17, 15) is 0 Å². The average Bonchev–Trinajstić information content (AvgIpc) is 3.73. The van der Waals surface area contributed by atoms with E-state index in [1.54, 1.807) is 0 Å². The van der Waals surface area contributed by atoms with E-state index in [4.69, 9.17) is 9.97 Å². The van der Waals surface area contributed by atoms with Crippen LogP contribution in [-0.4, -0.2) is 19.3 Å². The van der Waals surface area contributed by atoms with E-state index in [1.165, 1.54) is 0 Å². The molecule has 4 nitrogen and oxygen atoms in total. The summed E-state index contributed by atoms with van der Waals surface area (Å²) >= 11 is 7.30. The first kappa shape index (κ1) is 30.1. The molecule has 0 unspecified atom stereocenters. The van der Waals surface area contributed by atoms with E-state index < -0.39 is 0 Å². The summed E-state index contributed by atoms with van der Waals surface area (Å²) in [7, 11) is 0. The van der Waals surface area contributed by atoms with Crippen molar-refractivity contribution in [3.05, 3.63) is 179 Å². The molecule has 8 rings (SSSR count). The minimum absolute atomic E-state index is 0.799. The van der Waals surface area contributed by atoms with Crippen molar-refractivity contribution in [3.8, 4) is 67.8 Å². The molecule has 0 saturated heterocycles. The first-order chi connectivity index (χ1) is 23.7. The minimum atomic E-state index is 0.799. The van der Waals surface area contributed by atoms with E-state index in [0.29, 0.717) is 0 Å². The molecule has 0 amide bonds. The smallest absolute Gasteiger partial charge is 0.160 e. The summed E-state index contributed by atoms with van der Waals surface area (Å²) in [6, 6.07) is 58.6. The number of halogens is 2. The molecular weight excluding hydrogens is 720 g/mol. The highest BCUT2D eigenvalue weighted by Gasteiger charge is 2.29. The van der Waals surface area contributed by atoms with Crippen LogP contribution in [0.2, 0.25) is 0 Å². The van der Waals surface area contributed by atoms with Crippen molar-refractivity contribution >= 4 is 31.9 Å². The SMILES string of the molecule is Brc1ccc(-c2nc(-c3ccccc3)c(-c3ccccc3)n2-n2c(-c3ccc(Br)cc3)nc(-c3ccccc3)c2-c2ccccc2)cc1.